The molecule has 3 nitrogen and oxygen atoms in total. The van der Waals surface area contributed by atoms with Gasteiger partial charge in [-0.3, -0.25) is 4.79 Å². The number of carbonyl (C=O) groups is 1. The summed E-state index contributed by atoms with van der Waals surface area (Å²) in [6.45, 7) is 0. The molecular weight excluding hydrogens is 92.1 g/mol. The lowest BCUT2D eigenvalue weighted by Gasteiger charge is -2.04. The summed E-state index contributed by atoms with van der Waals surface area (Å²) in [5, 5.41) is 10.3. The molecule has 0 aromatic rings. The maximum absolute atomic E-state index is 10.1. The number of nitriles is 1. The number of rotatable bonds is 0. The first-order valence-corrected chi connectivity index (χ1v) is 1.76. The van der Waals surface area contributed by atoms with E-state index >= 15 is 0 Å². The molecule has 1 N–H and O–H groups in total. The summed E-state index contributed by atoms with van der Waals surface area (Å²) in [6.07, 6.45) is 1.38. The lowest BCUT2D eigenvalue weighted by atomic mass is 10.2. The molecule has 1 aliphatic heterocycles. The summed E-state index contributed by atoms with van der Waals surface area (Å²) >= 11 is 0. The molecule has 1 amide bonds. The molecule has 0 bridgehead atoms. The van der Waals surface area contributed by atoms with Gasteiger partial charge in [0.2, 0.25) is 0 Å². The SMILES string of the molecule is N#CC1=CNC1=O. The first-order valence-electron chi connectivity index (χ1n) is 1.76. The van der Waals surface area contributed by atoms with Gasteiger partial charge in [-0.1, -0.05) is 0 Å². The van der Waals surface area contributed by atoms with Crippen molar-refractivity contribution < 1.29 is 4.79 Å². The van der Waals surface area contributed by atoms with E-state index in [1.54, 1.807) is 6.07 Å². The Hall–Kier alpha value is -1.30. The van der Waals surface area contributed by atoms with E-state index in [0.717, 1.165) is 0 Å². The topological polar surface area (TPSA) is 52.9 Å². The molecule has 0 aliphatic carbocycles. The minimum Gasteiger partial charge on any atom is -0.326 e. The molecule has 0 fully saturated rings. The van der Waals surface area contributed by atoms with Crippen LogP contribution < -0.4 is 5.32 Å². The van der Waals surface area contributed by atoms with Gasteiger partial charge in [-0.25, -0.2) is 0 Å². The fourth-order valence-corrected chi connectivity index (χ4v) is 0.286. The first-order chi connectivity index (χ1) is 3.34. The van der Waals surface area contributed by atoms with E-state index in [4.69, 9.17) is 5.26 Å². The summed E-state index contributed by atoms with van der Waals surface area (Å²) in [5.74, 6) is -0.275. The van der Waals surface area contributed by atoms with Gasteiger partial charge in [-0.05, 0) is 0 Å². The van der Waals surface area contributed by atoms with Crippen LogP contribution in [0.15, 0.2) is 11.8 Å². The second-order valence-electron chi connectivity index (χ2n) is 1.14. The molecule has 0 radical (unpaired) electrons. The molecule has 0 unspecified atom stereocenters. The highest BCUT2D eigenvalue weighted by Crippen LogP contribution is 1.97. The number of hydrogen-bond acceptors (Lipinski definition) is 2. The lowest BCUT2D eigenvalue weighted by molar-refractivity contribution is -0.117. The van der Waals surface area contributed by atoms with Crippen LogP contribution in [-0.4, -0.2) is 5.91 Å². The van der Waals surface area contributed by atoms with Crippen LogP contribution in [0.2, 0.25) is 0 Å². The van der Waals surface area contributed by atoms with E-state index in [0.29, 0.717) is 0 Å². The van der Waals surface area contributed by atoms with Crippen molar-refractivity contribution in [3.8, 4) is 6.07 Å². The van der Waals surface area contributed by atoms with Crippen LogP contribution in [0.1, 0.15) is 0 Å². The minimum atomic E-state index is -0.275. The number of amides is 1. The molecule has 0 aromatic carbocycles. The molecule has 0 atom stereocenters. The molecule has 0 aromatic heterocycles. The normalized spacial score (nSPS) is 15.9. The highest BCUT2D eigenvalue weighted by molar-refractivity contribution is 6.03. The van der Waals surface area contributed by atoms with Gasteiger partial charge in [0.1, 0.15) is 11.6 Å². The largest absolute Gasteiger partial charge is 0.326 e. The molecule has 1 heterocycles. The Morgan fingerprint density at radius 1 is 1.86 bits per heavy atom. The Morgan fingerprint density at radius 2 is 2.57 bits per heavy atom. The van der Waals surface area contributed by atoms with Gasteiger partial charge in [0.05, 0.1) is 0 Å². The predicted octanol–water partition coefficient (Wildman–Crippen LogP) is -0.476. The van der Waals surface area contributed by atoms with Gasteiger partial charge in [0.15, 0.2) is 0 Å². The Morgan fingerprint density at radius 3 is 2.57 bits per heavy atom. The molecule has 34 valence electrons. The second-order valence-corrected chi connectivity index (χ2v) is 1.14. The summed E-state index contributed by atoms with van der Waals surface area (Å²) in [5.41, 5.74) is 0.208. The van der Waals surface area contributed by atoms with E-state index in [2.05, 4.69) is 5.32 Å². The van der Waals surface area contributed by atoms with E-state index in [1.165, 1.54) is 6.20 Å². The maximum atomic E-state index is 10.1. The number of hydrogen-bond donors (Lipinski definition) is 1. The second kappa shape index (κ2) is 1.09. The average Bonchev–Trinajstić information content (AvgIpc) is 1.65. The Kier molecular flexibility index (Phi) is 0.601. The van der Waals surface area contributed by atoms with Crippen LogP contribution in [-0.2, 0) is 4.79 Å². The summed E-state index contributed by atoms with van der Waals surface area (Å²) < 4.78 is 0. The van der Waals surface area contributed by atoms with Crippen molar-refractivity contribution in [1.29, 1.82) is 5.26 Å². The molecule has 7 heavy (non-hydrogen) atoms. The minimum absolute atomic E-state index is 0.208. The van der Waals surface area contributed by atoms with E-state index in [9.17, 15) is 4.79 Å². The zero-order valence-electron chi connectivity index (χ0n) is 3.43. The Balaban J connectivity index is 2.81. The van der Waals surface area contributed by atoms with Crippen LogP contribution in [0.5, 0.6) is 0 Å². The summed E-state index contributed by atoms with van der Waals surface area (Å²) in [6, 6.07) is 1.70. The molecule has 1 aliphatic rings. The van der Waals surface area contributed by atoms with Gasteiger partial charge in [0.25, 0.3) is 5.91 Å². The zero-order valence-corrected chi connectivity index (χ0v) is 3.43. The summed E-state index contributed by atoms with van der Waals surface area (Å²) in [7, 11) is 0. The van der Waals surface area contributed by atoms with E-state index in [-0.39, 0.29) is 11.5 Å². The van der Waals surface area contributed by atoms with Crippen molar-refractivity contribution in [1.82, 2.24) is 5.32 Å². The highest BCUT2D eigenvalue weighted by Gasteiger charge is 2.14. The monoisotopic (exact) mass is 94.0 g/mol. The van der Waals surface area contributed by atoms with Crippen molar-refractivity contribution >= 4 is 5.91 Å². The fourth-order valence-electron chi connectivity index (χ4n) is 0.286. The van der Waals surface area contributed by atoms with Crippen LogP contribution in [0.25, 0.3) is 0 Å². The molecule has 3 heteroatoms. The number of nitrogens with zero attached hydrogens (tertiary/aromatic N) is 1. The molecule has 0 spiro atoms. The standard InChI is InChI=1S/C4H2N2O/c5-1-3-2-6-4(3)7/h2H,(H,6,7). The summed E-state index contributed by atoms with van der Waals surface area (Å²) in [4.78, 5) is 10.1. The van der Waals surface area contributed by atoms with E-state index in [1.807, 2.05) is 0 Å². The van der Waals surface area contributed by atoms with E-state index < -0.39 is 0 Å². The van der Waals surface area contributed by atoms with Gasteiger partial charge in [0, 0.05) is 6.20 Å². The van der Waals surface area contributed by atoms with Gasteiger partial charge in [-0.2, -0.15) is 5.26 Å². The van der Waals surface area contributed by atoms with Gasteiger partial charge in [-0.15, -0.1) is 0 Å². The van der Waals surface area contributed by atoms with Crippen molar-refractivity contribution in [3.63, 3.8) is 0 Å². The van der Waals surface area contributed by atoms with Crippen molar-refractivity contribution in [2.45, 2.75) is 0 Å². The molecule has 0 saturated carbocycles. The number of nitrogens with one attached hydrogen (secondary N) is 1. The quantitative estimate of drug-likeness (QED) is 0.441. The molecule has 0 saturated heterocycles. The Labute approximate surface area is 40.2 Å². The van der Waals surface area contributed by atoms with Crippen LogP contribution in [0.4, 0.5) is 0 Å². The van der Waals surface area contributed by atoms with Crippen LogP contribution in [0.3, 0.4) is 0 Å². The third-order valence-electron chi connectivity index (χ3n) is 0.713. The van der Waals surface area contributed by atoms with Gasteiger partial charge >= 0.3 is 0 Å². The number of carbonyl (C=O) groups excluding carboxylic acids is 1. The lowest BCUT2D eigenvalue weighted by Crippen LogP contribution is -2.29. The van der Waals surface area contributed by atoms with Crippen molar-refractivity contribution in [2.24, 2.45) is 0 Å². The third kappa shape index (κ3) is 0.364. The molecule has 1 rings (SSSR count). The van der Waals surface area contributed by atoms with Gasteiger partial charge < -0.3 is 5.32 Å². The van der Waals surface area contributed by atoms with Crippen LogP contribution in [0, 0.1) is 11.3 Å². The smallest absolute Gasteiger partial charge is 0.267 e. The first kappa shape index (κ1) is 3.88. The fraction of sp³-hybridized carbons (Fsp3) is 0. The van der Waals surface area contributed by atoms with Crippen molar-refractivity contribution in [2.75, 3.05) is 0 Å². The predicted molar refractivity (Wildman–Crippen MR) is 21.8 cm³/mol. The average molecular weight is 94.1 g/mol. The third-order valence-corrected chi connectivity index (χ3v) is 0.713. The Bertz CT molecular complexity index is 175. The maximum Gasteiger partial charge on any atom is 0.267 e. The molecular formula is C4H2N2O. The highest BCUT2D eigenvalue weighted by atomic mass is 16.2. The van der Waals surface area contributed by atoms with Crippen molar-refractivity contribution in [3.05, 3.63) is 11.8 Å². The van der Waals surface area contributed by atoms with Crippen LogP contribution >= 0.6 is 0 Å². The zero-order chi connectivity index (χ0) is 5.28.